The molecule has 4 nitrogen and oxygen atoms in total. The first kappa shape index (κ1) is 18.3. The number of halogens is 2. The van der Waals surface area contributed by atoms with Gasteiger partial charge >= 0.3 is 5.97 Å². The Hall–Kier alpha value is -0.750. The molecular formula is C15H28F2N2O2. The Balaban J connectivity index is 2.33. The van der Waals surface area contributed by atoms with Crippen LogP contribution >= 0.6 is 0 Å². The molecule has 0 aromatic rings. The van der Waals surface area contributed by atoms with E-state index in [1.165, 1.54) is 0 Å². The maximum atomic E-state index is 12.2. The van der Waals surface area contributed by atoms with Crippen molar-refractivity contribution in [3.05, 3.63) is 0 Å². The van der Waals surface area contributed by atoms with Gasteiger partial charge in [0.2, 0.25) is 0 Å². The van der Waals surface area contributed by atoms with Crippen molar-refractivity contribution in [2.75, 3.05) is 26.7 Å². The second kappa shape index (κ2) is 8.63. The van der Waals surface area contributed by atoms with Crippen molar-refractivity contribution in [1.29, 1.82) is 0 Å². The average Bonchev–Trinajstić information content (AvgIpc) is 3.18. The standard InChI is InChI=1S/C15H28F2N2O2/c1-4-21-14(20)15(2,18-12-7-8-12)9-5-6-10-19(3)11-13(16)17/h12-13,18H,4-11H2,1-3H3. The van der Waals surface area contributed by atoms with Crippen molar-refractivity contribution in [2.24, 2.45) is 0 Å². The number of nitrogens with one attached hydrogen (secondary N) is 1. The Kier molecular flexibility index (Phi) is 7.52. The predicted octanol–water partition coefficient (Wildman–Crippen LogP) is 2.43. The van der Waals surface area contributed by atoms with E-state index in [4.69, 9.17) is 4.74 Å². The molecule has 1 rings (SSSR count). The van der Waals surface area contributed by atoms with Gasteiger partial charge in [-0.1, -0.05) is 0 Å². The summed E-state index contributed by atoms with van der Waals surface area (Å²) in [7, 11) is 1.69. The highest BCUT2D eigenvalue weighted by molar-refractivity contribution is 5.80. The third kappa shape index (κ3) is 7.18. The molecule has 1 aliphatic carbocycles. The Morgan fingerprint density at radius 2 is 2.10 bits per heavy atom. The third-order valence-corrected chi connectivity index (χ3v) is 3.74. The van der Waals surface area contributed by atoms with Crippen LogP contribution in [-0.2, 0) is 9.53 Å². The lowest BCUT2D eigenvalue weighted by Gasteiger charge is -2.29. The van der Waals surface area contributed by atoms with E-state index in [0.717, 1.165) is 25.7 Å². The lowest BCUT2D eigenvalue weighted by atomic mass is 9.94. The fraction of sp³-hybridized carbons (Fsp3) is 0.933. The van der Waals surface area contributed by atoms with E-state index < -0.39 is 12.0 Å². The fourth-order valence-corrected chi connectivity index (χ4v) is 2.39. The van der Waals surface area contributed by atoms with Gasteiger partial charge in [-0.25, -0.2) is 8.78 Å². The molecule has 0 spiro atoms. The van der Waals surface area contributed by atoms with E-state index >= 15 is 0 Å². The zero-order valence-electron chi connectivity index (χ0n) is 13.3. The Labute approximate surface area is 126 Å². The highest BCUT2D eigenvalue weighted by Crippen LogP contribution is 2.26. The van der Waals surface area contributed by atoms with Crippen molar-refractivity contribution in [2.45, 2.75) is 64.0 Å². The summed E-state index contributed by atoms with van der Waals surface area (Å²) in [5, 5.41) is 3.36. The van der Waals surface area contributed by atoms with Crippen molar-refractivity contribution < 1.29 is 18.3 Å². The monoisotopic (exact) mass is 306 g/mol. The van der Waals surface area contributed by atoms with Gasteiger partial charge in [-0.15, -0.1) is 0 Å². The quantitative estimate of drug-likeness (QED) is 0.470. The van der Waals surface area contributed by atoms with Gasteiger partial charge < -0.3 is 9.64 Å². The van der Waals surface area contributed by atoms with Crippen LogP contribution in [0.25, 0.3) is 0 Å². The molecule has 0 saturated heterocycles. The van der Waals surface area contributed by atoms with Crippen LogP contribution in [0.3, 0.4) is 0 Å². The molecule has 6 heteroatoms. The summed E-state index contributed by atoms with van der Waals surface area (Å²) in [5.41, 5.74) is -0.654. The van der Waals surface area contributed by atoms with Crippen LogP contribution in [0.4, 0.5) is 8.78 Å². The van der Waals surface area contributed by atoms with E-state index in [0.29, 0.717) is 25.6 Å². The van der Waals surface area contributed by atoms with E-state index in [9.17, 15) is 13.6 Å². The maximum Gasteiger partial charge on any atom is 0.326 e. The van der Waals surface area contributed by atoms with Gasteiger partial charge in [0.05, 0.1) is 13.2 Å². The summed E-state index contributed by atoms with van der Waals surface area (Å²) in [4.78, 5) is 13.7. The SMILES string of the molecule is CCOC(=O)C(C)(CCCCN(C)CC(F)F)NC1CC1. The highest BCUT2D eigenvalue weighted by atomic mass is 19.3. The molecule has 1 unspecified atom stereocenters. The molecule has 0 aromatic carbocycles. The molecule has 1 aliphatic rings. The van der Waals surface area contributed by atoms with Crippen LogP contribution in [0.1, 0.15) is 46.0 Å². The van der Waals surface area contributed by atoms with Crippen molar-refractivity contribution in [3.63, 3.8) is 0 Å². The first-order valence-electron chi connectivity index (χ1n) is 7.79. The average molecular weight is 306 g/mol. The topological polar surface area (TPSA) is 41.6 Å². The van der Waals surface area contributed by atoms with Gasteiger partial charge in [0.1, 0.15) is 5.54 Å². The van der Waals surface area contributed by atoms with Crippen molar-refractivity contribution in [3.8, 4) is 0 Å². The number of carbonyl (C=O) groups excluding carboxylic acids is 1. The fourth-order valence-electron chi connectivity index (χ4n) is 2.39. The van der Waals surface area contributed by atoms with Crippen LogP contribution in [0.2, 0.25) is 0 Å². The van der Waals surface area contributed by atoms with Crippen molar-refractivity contribution >= 4 is 5.97 Å². The van der Waals surface area contributed by atoms with E-state index in [1.807, 2.05) is 6.92 Å². The number of hydrogen-bond acceptors (Lipinski definition) is 4. The minimum absolute atomic E-state index is 0.199. The lowest BCUT2D eigenvalue weighted by Crippen LogP contribution is -2.51. The molecule has 124 valence electrons. The Morgan fingerprint density at radius 3 is 2.62 bits per heavy atom. The normalized spacial score (nSPS) is 18.0. The highest BCUT2D eigenvalue weighted by Gasteiger charge is 2.39. The first-order chi connectivity index (χ1) is 9.87. The minimum Gasteiger partial charge on any atom is -0.465 e. The van der Waals surface area contributed by atoms with E-state index in [-0.39, 0.29) is 12.5 Å². The van der Waals surface area contributed by atoms with Crippen LogP contribution in [-0.4, -0.2) is 55.6 Å². The van der Waals surface area contributed by atoms with Gasteiger partial charge in [0, 0.05) is 6.04 Å². The van der Waals surface area contributed by atoms with Gasteiger partial charge in [0.15, 0.2) is 0 Å². The lowest BCUT2D eigenvalue weighted by molar-refractivity contribution is -0.151. The number of unbranched alkanes of at least 4 members (excludes halogenated alkanes) is 1. The molecule has 0 radical (unpaired) electrons. The van der Waals surface area contributed by atoms with E-state index in [1.54, 1.807) is 18.9 Å². The predicted molar refractivity (Wildman–Crippen MR) is 78.5 cm³/mol. The molecule has 1 fully saturated rings. The smallest absolute Gasteiger partial charge is 0.326 e. The van der Waals surface area contributed by atoms with Gasteiger partial charge in [-0.05, 0) is 59.5 Å². The molecule has 0 bridgehead atoms. The molecular weight excluding hydrogens is 278 g/mol. The molecule has 21 heavy (non-hydrogen) atoms. The first-order valence-corrected chi connectivity index (χ1v) is 7.79. The zero-order chi connectivity index (χ0) is 15.9. The second-order valence-corrected chi connectivity index (χ2v) is 6.08. The number of rotatable bonds is 11. The summed E-state index contributed by atoms with van der Waals surface area (Å²) < 4.78 is 29.6. The zero-order valence-corrected chi connectivity index (χ0v) is 13.3. The number of carbonyl (C=O) groups is 1. The number of ether oxygens (including phenoxy) is 1. The number of hydrogen-bond donors (Lipinski definition) is 1. The largest absolute Gasteiger partial charge is 0.465 e. The molecule has 1 N–H and O–H groups in total. The van der Waals surface area contributed by atoms with Gasteiger partial charge in [-0.2, -0.15) is 0 Å². The maximum absolute atomic E-state index is 12.2. The van der Waals surface area contributed by atoms with Gasteiger partial charge in [-0.3, -0.25) is 10.1 Å². The second-order valence-electron chi connectivity index (χ2n) is 6.08. The summed E-state index contributed by atoms with van der Waals surface area (Å²) in [6, 6.07) is 0.418. The number of alkyl halides is 2. The van der Waals surface area contributed by atoms with Crippen LogP contribution in [0.15, 0.2) is 0 Å². The van der Waals surface area contributed by atoms with Crippen LogP contribution in [0.5, 0.6) is 0 Å². The molecule has 0 aromatic heterocycles. The summed E-state index contributed by atoms with van der Waals surface area (Å²) in [6.07, 6.45) is 2.19. The summed E-state index contributed by atoms with van der Waals surface area (Å²) >= 11 is 0. The number of esters is 1. The minimum atomic E-state index is -2.30. The molecule has 0 amide bonds. The third-order valence-electron chi connectivity index (χ3n) is 3.74. The van der Waals surface area contributed by atoms with Gasteiger partial charge in [0.25, 0.3) is 6.43 Å². The Bertz CT molecular complexity index is 325. The van der Waals surface area contributed by atoms with Crippen LogP contribution in [0, 0.1) is 0 Å². The summed E-state index contributed by atoms with van der Waals surface area (Å²) in [5.74, 6) is -0.210. The summed E-state index contributed by atoms with van der Waals surface area (Å²) in [6.45, 7) is 4.47. The number of nitrogens with zero attached hydrogens (tertiary/aromatic N) is 1. The molecule has 1 atom stereocenters. The van der Waals surface area contributed by atoms with Crippen LogP contribution < -0.4 is 5.32 Å². The molecule has 1 saturated carbocycles. The van der Waals surface area contributed by atoms with E-state index in [2.05, 4.69) is 5.32 Å². The molecule has 0 heterocycles. The van der Waals surface area contributed by atoms with Crippen molar-refractivity contribution in [1.82, 2.24) is 10.2 Å². The molecule has 0 aliphatic heterocycles. The Morgan fingerprint density at radius 1 is 1.43 bits per heavy atom.